The van der Waals surface area contributed by atoms with Gasteiger partial charge in [0.15, 0.2) is 5.69 Å². The molecule has 2 aromatic carbocycles. The van der Waals surface area contributed by atoms with Gasteiger partial charge >= 0.3 is 6.18 Å². The van der Waals surface area contributed by atoms with Gasteiger partial charge in [-0.3, -0.25) is 14.5 Å². The number of halogens is 4. The van der Waals surface area contributed by atoms with Crippen LogP contribution in [0.15, 0.2) is 79.1 Å². The fraction of sp³-hybridized carbons (Fsp3) is 0.276. The third-order valence-corrected chi connectivity index (χ3v) is 7.44. The number of ether oxygens (including phenoxy) is 1. The molecular formula is C29H24F4N4O2. The molecule has 39 heavy (non-hydrogen) atoms. The highest BCUT2D eigenvalue weighted by molar-refractivity contribution is 5.95. The van der Waals surface area contributed by atoms with Crippen molar-refractivity contribution in [1.82, 2.24) is 19.7 Å². The minimum atomic E-state index is -4.56. The number of amides is 1. The van der Waals surface area contributed by atoms with Crippen molar-refractivity contribution in [2.24, 2.45) is 5.41 Å². The van der Waals surface area contributed by atoms with Gasteiger partial charge < -0.3 is 9.64 Å². The molecule has 200 valence electrons. The Labute approximate surface area is 221 Å². The molecule has 0 radical (unpaired) electrons. The zero-order valence-corrected chi connectivity index (χ0v) is 20.7. The highest BCUT2D eigenvalue weighted by atomic mass is 19.4. The number of likely N-dealkylation sites (tertiary alicyclic amines) is 1. The van der Waals surface area contributed by atoms with Gasteiger partial charge in [-0.2, -0.15) is 18.3 Å². The second-order valence-electron chi connectivity index (χ2n) is 10.2. The first-order valence-corrected chi connectivity index (χ1v) is 12.5. The summed E-state index contributed by atoms with van der Waals surface area (Å²) in [7, 11) is 0. The maximum atomic E-state index is 14.6. The van der Waals surface area contributed by atoms with E-state index in [1.165, 1.54) is 35.3 Å². The lowest BCUT2D eigenvalue weighted by Crippen LogP contribution is -2.64. The average molecular weight is 537 g/mol. The topological polar surface area (TPSA) is 60.2 Å². The van der Waals surface area contributed by atoms with E-state index in [1.807, 2.05) is 30.3 Å². The summed E-state index contributed by atoms with van der Waals surface area (Å²) in [4.78, 5) is 18.6. The van der Waals surface area contributed by atoms with E-state index in [0.29, 0.717) is 49.5 Å². The second-order valence-corrected chi connectivity index (χ2v) is 10.2. The molecule has 6 nitrogen and oxygen atoms in total. The SMILES string of the molecule is O=C(c1cc(OCc2ccccc2)ccc1F)N1CC2(CC(n3nc(C(F)(F)F)cc3-c3ccncc3)C2)C1. The quantitative estimate of drug-likeness (QED) is 0.277. The number of carbonyl (C=O) groups is 1. The summed E-state index contributed by atoms with van der Waals surface area (Å²) >= 11 is 0. The van der Waals surface area contributed by atoms with Crippen LogP contribution in [0, 0.1) is 11.2 Å². The summed E-state index contributed by atoms with van der Waals surface area (Å²) in [6.07, 6.45) is -0.346. The van der Waals surface area contributed by atoms with Crippen molar-refractivity contribution in [3.8, 4) is 17.0 Å². The van der Waals surface area contributed by atoms with Crippen LogP contribution in [-0.4, -0.2) is 38.7 Å². The van der Waals surface area contributed by atoms with E-state index in [2.05, 4.69) is 10.1 Å². The molecule has 1 saturated carbocycles. The molecule has 1 aliphatic carbocycles. The number of alkyl halides is 3. The van der Waals surface area contributed by atoms with Crippen molar-refractivity contribution >= 4 is 5.91 Å². The maximum Gasteiger partial charge on any atom is 0.435 e. The van der Waals surface area contributed by atoms with Gasteiger partial charge in [-0.15, -0.1) is 0 Å². The number of aromatic nitrogens is 3. The van der Waals surface area contributed by atoms with Gasteiger partial charge in [-0.05, 0) is 54.8 Å². The summed E-state index contributed by atoms with van der Waals surface area (Å²) in [5, 5.41) is 3.89. The normalized spacial score (nSPS) is 16.6. The van der Waals surface area contributed by atoms with Crippen LogP contribution in [-0.2, 0) is 12.8 Å². The molecule has 1 aliphatic heterocycles. The maximum absolute atomic E-state index is 14.6. The van der Waals surface area contributed by atoms with Gasteiger partial charge in [0.1, 0.15) is 18.2 Å². The van der Waals surface area contributed by atoms with Gasteiger partial charge in [0.2, 0.25) is 0 Å². The lowest BCUT2D eigenvalue weighted by molar-refractivity contribution is -0.142. The molecule has 2 aromatic heterocycles. The molecule has 6 rings (SSSR count). The Bertz CT molecular complexity index is 1490. The molecular weight excluding hydrogens is 512 g/mol. The number of hydrogen-bond acceptors (Lipinski definition) is 4. The van der Waals surface area contributed by atoms with Crippen molar-refractivity contribution < 1.29 is 27.1 Å². The first kappa shape index (κ1) is 25.1. The molecule has 2 fully saturated rings. The molecule has 2 aliphatic rings. The molecule has 0 bridgehead atoms. The van der Waals surface area contributed by atoms with Crippen LogP contribution in [0.1, 0.15) is 40.5 Å². The Balaban J connectivity index is 1.12. The Morgan fingerprint density at radius 3 is 2.41 bits per heavy atom. The van der Waals surface area contributed by atoms with Crippen LogP contribution in [0.25, 0.3) is 11.3 Å². The molecule has 1 saturated heterocycles. The van der Waals surface area contributed by atoms with E-state index in [4.69, 9.17) is 4.74 Å². The predicted octanol–water partition coefficient (Wildman–Crippen LogP) is 6.16. The summed E-state index contributed by atoms with van der Waals surface area (Å²) in [6, 6.07) is 17.8. The van der Waals surface area contributed by atoms with Crippen molar-refractivity contribution in [3.63, 3.8) is 0 Å². The standard InChI is InChI=1S/C29H24F4N4O2/c30-24-7-6-22(39-16-19-4-2-1-3-5-19)12-23(24)27(38)36-17-28(18-36)14-21(15-28)37-25(20-8-10-34-11-9-20)13-26(35-37)29(31,32)33/h1-13,21H,14-18H2. The molecule has 0 atom stereocenters. The predicted molar refractivity (Wildman–Crippen MR) is 134 cm³/mol. The number of pyridine rings is 1. The average Bonchev–Trinajstić information content (AvgIpc) is 3.33. The Morgan fingerprint density at radius 2 is 1.72 bits per heavy atom. The van der Waals surface area contributed by atoms with Crippen molar-refractivity contribution in [2.45, 2.75) is 31.7 Å². The lowest BCUT2D eigenvalue weighted by atomic mass is 9.60. The number of hydrogen-bond donors (Lipinski definition) is 0. The van der Waals surface area contributed by atoms with Crippen LogP contribution < -0.4 is 4.74 Å². The van der Waals surface area contributed by atoms with Crippen molar-refractivity contribution in [3.05, 3.63) is 102 Å². The van der Waals surface area contributed by atoms with Gasteiger partial charge in [0.25, 0.3) is 5.91 Å². The molecule has 1 amide bonds. The van der Waals surface area contributed by atoms with Gasteiger partial charge in [-0.25, -0.2) is 4.39 Å². The molecule has 4 aromatic rings. The fourth-order valence-electron chi connectivity index (χ4n) is 5.50. The number of benzene rings is 2. The van der Waals surface area contributed by atoms with E-state index in [1.54, 1.807) is 17.0 Å². The smallest absolute Gasteiger partial charge is 0.435 e. The van der Waals surface area contributed by atoms with Gasteiger partial charge in [0.05, 0.1) is 17.3 Å². The molecule has 1 spiro atoms. The van der Waals surface area contributed by atoms with Crippen LogP contribution in [0.2, 0.25) is 0 Å². The van der Waals surface area contributed by atoms with E-state index >= 15 is 0 Å². The van der Waals surface area contributed by atoms with Crippen LogP contribution in [0.3, 0.4) is 0 Å². The lowest BCUT2D eigenvalue weighted by Gasteiger charge is -2.59. The van der Waals surface area contributed by atoms with Crippen LogP contribution >= 0.6 is 0 Å². The Morgan fingerprint density at radius 1 is 1.00 bits per heavy atom. The Hall–Kier alpha value is -4.21. The van der Waals surface area contributed by atoms with Gasteiger partial charge in [0, 0.05) is 36.5 Å². The minimum absolute atomic E-state index is 0.0619. The number of carbonyl (C=O) groups excluding carboxylic acids is 1. The van der Waals surface area contributed by atoms with E-state index in [-0.39, 0.29) is 17.0 Å². The van der Waals surface area contributed by atoms with E-state index < -0.39 is 23.6 Å². The minimum Gasteiger partial charge on any atom is -0.489 e. The summed E-state index contributed by atoms with van der Waals surface area (Å²) in [5.41, 5.74) is 0.720. The van der Waals surface area contributed by atoms with Crippen molar-refractivity contribution in [1.29, 1.82) is 0 Å². The van der Waals surface area contributed by atoms with Crippen LogP contribution in [0.5, 0.6) is 5.75 Å². The zero-order chi connectivity index (χ0) is 27.2. The highest BCUT2D eigenvalue weighted by Crippen LogP contribution is 2.55. The summed E-state index contributed by atoms with van der Waals surface area (Å²) < 4.78 is 62.1. The van der Waals surface area contributed by atoms with E-state index in [0.717, 1.165) is 11.6 Å². The summed E-state index contributed by atoms with van der Waals surface area (Å²) in [6.45, 7) is 1.11. The summed E-state index contributed by atoms with van der Waals surface area (Å²) in [5.74, 6) is -0.661. The second kappa shape index (κ2) is 9.52. The number of nitrogens with zero attached hydrogens (tertiary/aromatic N) is 4. The molecule has 10 heteroatoms. The zero-order valence-electron chi connectivity index (χ0n) is 20.7. The first-order chi connectivity index (χ1) is 18.7. The van der Waals surface area contributed by atoms with Crippen LogP contribution in [0.4, 0.5) is 17.6 Å². The number of rotatable bonds is 6. The van der Waals surface area contributed by atoms with E-state index in [9.17, 15) is 22.4 Å². The largest absolute Gasteiger partial charge is 0.489 e. The Kier molecular flexibility index (Phi) is 6.12. The molecule has 3 heterocycles. The third-order valence-electron chi connectivity index (χ3n) is 7.44. The molecule has 0 N–H and O–H groups in total. The fourth-order valence-corrected chi connectivity index (χ4v) is 5.50. The monoisotopic (exact) mass is 536 g/mol. The van der Waals surface area contributed by atoms with Crippen molar-refractivity contribution in [2.75, 3.05) is 13.1 Å². The molecule has 0 unspecified atom stereocenters. The highest BCUT2D eigenvalue weighted by Gasteiger charge is 2.55. The van der Waals surface area contributed by atoms with Gasteiger partial charge in [-0.1, -0.05) is 30.3 Å². The first-order valence-electron chi connectivity index (χ1n) is 12.5. The third kappa shape index (κ3) is 4.86.